The second-order valence-electron chi connectivity index (χ2n) is 7.24. The fourth-order valence-electron chi connectivity index (χ4n) is 3.16. The van der Waals surface area contributed by atoms with Gasteiger partial charge >= 0.3 is 0 Å². The Balaban J connectivity index is 1.29. The van der Waals surface area contributed by atoms with Crippen molar-refractivity contribution in [1.29, 1.82) is 0 Å². The molecular weight excluding hydrogens is 493 g/mol. The molecule has 0 aliphatic carbocycles. The molecule has 0 radical (unpaired) electrons. The van der Waals surface area contributed by atoms with Gasteiger partial charge in [0.1, 0.15) is 6.61 Å². The number of hydrogen-bond acceptors (Lipinski definition) is 7. The number of benzene rings is 3. The van der Waals surface area contributed by atoms with E-state index in [9.17, 15) is 0 Å². The number of thioether (sulfide) groups is 1. The third-order valence-electron chi connectivity index (χ3n) is 4.91. The first-order chi connectivity index (χ1) is 16.6. The normalized spacial score (nSPS) is 10.9. The van der Waals surface area contributed by atoms with E-state index < -0.39 is 0 Å². The Morgan fingerprint density at radius 3 is 2.56 bits per heavy atom. The molecule has 0 unspecified atom stereocenters. The van der Waals surface area contributed by atoms with Crippen molar-refractivity contribution >= 4 is 35.0 Å². The first-order valence-electron chi connectivity index (χ1n) is 10.5. The quantitative estimate of drug-likeness (QED) is 0.210. The van der Waals surface area contributed by atoms with Crippen LogP contribution in [0.5, 0.6) is 11.5 Å². The molecule has 0 bridgehead atoms. The van der Waals surface area contributed by atoms with Gasteiger partial charge in [0.15, 0.2) is 11.5 Å². The maximum atomic E-state index is 6.52. The number of aromatic nitrogens is 4. The lowest BCUT2D eigenvalue weighted by Crippen LogP contribution is -2.17. The van der Waals surface area contributed by atoms with Gasteiger partial charge in [0, 0.05) is 35.0 Å². The molecule has 0 aliphatic heterocycles. The summed E-state index contributed by atoms with van der Waals surface area (Å²) in [6.07, 6.45) is 0. The molecule has 0 amide bonds. The summed E-state index contributed by atoms with van der Waals surface area (Å²) in [6, 6.07) is 21.0. The van der Waals surface area contributed by atoms with Crippen LogP contribution in [0, 0.1) is 0 Å². The minimum Gasteiger partial charge on any atom is -0.493 e. The van der Waals surface area contributed by atoms with E-state index in [-0.39, 0.29) is 0 Å². The number of ether oxygens (including phenoxy) is 2. The van der Waals surface area contributed by atoms with Gasteiger partial charge in [-0.2, -0.15) is 4.68 Å². The maximum Gasteiger partial charge on any atom is 0.214 e. The van der Waals surface area contributed by atoms with Gasteiger partial charge < -0.3 is 14.8 Å². The summed E-state index contributed by atoms with van der Waals surface area (Å²) in [7, 11) is 1.61. The van der Waals surface area contributed by atoms with Gasteiger partial charge in [-0.3, -0.25) is 0 Å². The Kier molecular flexibility index (Phi) is 8.65. The Labute approximate surface area is 212 Å². The van der Waals surface area contributed by atoms with E-state index >= 15 is 0 Å². The predicted octanol–water partition coefficient (Wildman–Crippen LogP) is 5.44. The Hall–Kier alpha value is -2.78. The van der Waals surface area contributed by atoms with Crippen molar-refractivity contribution in [3.63, 3.8) is 0 Å². The summed E-state index contributed by atoms with van der Waals surface area (Å²) in [6.45, 7) is 1.73. The molecule has 0 saturated carbocycles. The molecular formula is C24H23Cl2N5O2S. The highest BCUT2D eigenvalue weighted by Gasteiger charge is 2.12. The summed E-state index contributed by atoms with van der Waals surface area (Å²) >= 11 is 14.0. The summed E-state index contributed by atoms with van der Waals surface area (Å²) in [5, 5.41) is 17.4. The van der Waals surface area contributed by atoms with Crippen LogP contribution in [0.25, 0.3) is 5.69 Å². The van der Waals surface area contributed by atoms with Crippen molar-refractivity contribution < 1.29 is 9.47 Å². The van der Waals surface area contributed by atoms with Crippen LogP contribution in [-0.2, 0) is 13.2 Å². The first-order valence-corrected chi connectivity index (χ1v) is 12.3. The Bertz CT molecular complexity index is 1210. The third-order valence-corrected chi connectivity index (χ3v) is 6.43. The number of nitrogens with zero attached hydrogens (tertiary/aromatic N) is 4. The zero-order valence-corrected chi connectivity index (χ0v) is 20.8. The van der Waals surface area contributed by atoms with Crippen LogP contribution >= 0.6 is 35.0 Å². The van der Waals surface area contributed by atoms with E-state index in [0.29, 0.717) is 34.7 Å². The average Bonchev–Trinajstić information content (AvgIpc) is 3.33. The van der Waals surface area contributed by atoms with Crippen LogP contribution in [-0.4, -0.2) is 39.6 Å². The molecule has 7 nitrogen and oxygen atoms in total. The zero-order valence-electron chi connectivity index (χ0n) is 18.4. The van der Waals surface area contributed by atoms with Crippen molar-refractivity contribution in [2.45, 2.75) is 18.3 Å². The number of para-hydroxylation sites is 1. The van der Waals surface area contributed by atoms with Crippen LogP contribution < -0.4 is 14.8 Å². The van der Waals surface area contributed by atoms with Gasteiger partial charge in [0.2, 0.25) is 5.16 Å². The SMILES string of the molecule is COc1cc(CNCCSc2nnnn2-c2ccccc2)c(Cl)cc1OCc1ccc(Cl)cc1. The van der Waals surface area contributed by atoms with Crippen molar-refractivity contribution in [2.75, 3.05) is 19.4 Å². The summed E-state index contributed by atoms with van der Waals surface area (Å²) in [5.74, 6) is 2.02. The molecule has 0 spiro atoms. The van der Waals surface area contributed by atoms with Gasteiger partial charge in [-0.1, -0.05) is 65.3 Å². The number of methoxy groups -OCH3 is 1. The molecule has 10 heteroatoms. The molecule has 4 aromatic rings. The van der Waals surface area contributed by atoms with Gasteiger partial charge in [-0.25, -0.2) is 0 Å². The standard InChI is InChI=1S/C24H23Cl2N5O2S/c1-32-22-13-18(21(26)14-23(22)33-16-17-7-9-19(25)10-8-17)15-27-11-12-34-24-28-29-30-31(24)20-5-3-2-4-6-20/h2-10,13-14,27H,11-12,15-16H2,1H3. The van der Waals surface area contributed by atoms with E-state index in [4.69, 9.17) is 32.7 Å². The van der Waals surface area contributed by atoms with E-state index in [2.05, 4.69) is 20.8 Å². The number of hydrogen-bond donors (Lipinski definition) is 1. The highest BCUT2D eigenvalue weighted by molar-refractivity contribution is 7.99. The number of nitrogens with one attached hydrogen (secondary N) is 1. The number of tetrazole rings is 1. The van der Waals surface area contributed by atoms with Crippen LogP contribution in [0.2, 0.25) is 10.0 Å². The van der Waals surface area contributed by atoms with E-state index in [1.165, 1.54) is 0 Å². The lowest BCUT2D eigenvalue weighted by atomic mass is 10.2. The molecule has 4 rings (SSSR count). The molecule has 176 valence electrons. The third kappa shape index (κ3) is 6.42. The Morgan fingerprint density at radius 2 is 1.79 bits per heavy atom. The van der Waals surface area contributed by atoms with E-state index in [1.807, 2.05) is 60.7 Å². The average molecular weight is 516 g/mol. The van der Waals surface area contributed by atoms with Crippen LogP contribution in [0.4, 0.5) is 0 Å². The fourth-order valence-corrected chi connectivity index (χ4v) is 4.30. The lowest BCUT2D eigenvalue weighted by Gasteiger charge is -2.14. The predicted molar refractivity (Wildman–Crippen MR) is 135 cm³/mol. The van der Waals surface area contributed by atoms with E-state index in [0.717, 1.165) is 34.3 Å². The van der Waals surface area contributed by atoms with Crippen LogP contribution in [0.1, 0.15) is 11.1 Å². The summed E-state index contributed by atoms with van der Waals surface area (Å²) in [5.41, 5.74) is 2.86. The molecule has 0 fully saturated rings. The van der Waals surface area contributed by atoms with Crippen molar-refractivity contribution in [3.05, 3.63) is 87.9 Å². The molecule has 1 heterocycles. The summed E-state index contributed by atoms with van der Waals surface area (Å²) < 4.78 is 13.2. The Morgan fingerprint density at radius 1 is 1.00 bits per heavy atom. The summed E-state index contributed by atoms with van der Waals surface area (Å²) in [4.78, 5) is 0. The van der Waals surface area contributed by atoms with Crippen LogP contribution in [0.3, 0.4) is 0 Å². The largest absolute Gasteiger partial charge is 0.493 e. The molecule has 0 atom stereocenters. The molecule has 0 aliphatic rings. The van der Waals surface area contributed by atoms with Crippen molar-refractivity contribution in [2.24, 2.45) is 0 Å². The van der Waals surface area contributed by atoms with E-state index in [1.54, 1.807) is 29.6 Å². The first kappa shape index (κ1) is 24.3. The topological polar surface area (TPSA) is 74.1 Å². The minimum atomic E-state index is 0.390. The minimum absolute atomic E-state index is 0.390. The zero-order chi connectivity index (χ0) is 23.8. The van der Waals surface area contributed by atoms with Gasteiger partial charge in [-0.15, -0.1) is 5.10 Å². The van der Waals surface area contributed by atoms with Gasteiger partial charge in [-0.05, 0) is 51.9 Å². The second-order valence-corrected chi connectivity index (χ2v) is 9.15. The smallest absolute Gasteiger partial charge is 0.214 e. The van der Waals surface area contributed by atoms with Gasteiger partial charge in [0.25, 0.3) is 0 Å². The van der Waals surface area contributed by atoms with Crippen molar-refractivity contribution in [1.82, 2.24) is 25.5 Å². The molecule has 0 saturated heterocycles. The lowest BCUT2D eigenvalue weighted by molar-refractivity contribution is 0.284. The van der Waals surface area contributed by atoms with Gasteiger partial charge in [0.05, 0.1) is 12.8 Å². The molecule has 3 aromatic carbocycles. The highest BCUT2D eigenvalue weighted by Crippen LogP contribution is 2.34. The number of halogens is 2. The maximum absolute atomic E-state index is 6.52. The fraction of sp³-hybridized carbons (Fsp3) is 0.208. The molecule has 34 heavy (non-hydrogen) atoms. The van der Waals surface area contributed by atoms with Crippen LogP contribution in [0.15, 0.2) is 71.9 Å². The highest BCUT2D eigenvalue weighted by atomic mass is 35.5. The van der Waals surface area contributed by atoms with Crippen molar-refractivity contribution in [3.8, 4) is 17.2 Å². The molecule has 1 aromatic heterocycles. The monoisotopic (exact) mass is 515 g/mol. The molecule has 1 N–H and O–H groups in total. The second kappa shape index (κ2) is 12.1. The number of rotatable bonds is 11.